The Morgan fingerprint density at radius 1 is 1.17 bits per heavy atom. The maximum absolute atomic E-state index is 13.0. The molecule has 0 bridgehead atoms. The number of amides is 1. The van der Waals surface area contributed by atoms with E-state index in [0.29, 0.717) is 5.56 Å². The summed E-state index contributed by atoms with van der Waals surface area (Å²) in [5.41, 5.74) is 0.105. The SMILES string of the molecule is CCOC(=O)c1cc([N+](=O)[O-])cc2[nH]c(C(=O)c3ccccc3)c(NC(C)=O)c12. The molecule has 3 aromatic rings. The number of esters is 1. The number of non-ortho nitro benzene ring substituents is 1. The molecule has 0 saturated carbocycles. The van der Waals surface area contributed by atoms with Gasteiger partial charge in [-0.1, -0.05) is 30.3 Å². The zero-order chi connectivity index (χ0) is 21.1. The van der Waals surface area contributed by atoms with Gasteiger partial charge in [0.2, 0.25) is 11.7 Å². The Morgan fingerprint density at radius 2 is 1.86 bits per heavy atom. The van der Waals surface area contributed by atoms with Crippen molar-refractivity contribution in [3.63, 3.8) is 0 Å². The van der Waals surface area contributed by atoms with E-state index in [4.69, 9.17) is 4.74 Å². The van der Waals surface area contributed by atoms with Crippen LogP contribution in [0, 0.1) is 10.1 Å². The van der Waals surface area contributed by atoms with Gasteiger partial charge >= 0.3 is 5.97 Å². The Labute approximate surface area is 164 Å². The molecule has 29 heavy (non-hydrogen) atoms. The lowest BCUT2D eigenvalue weighted by atomic mass is 10.0. The van der Waals surface area contributed by atoms with E-state index >= 15 is 0 Å². The van der Waals surface area contributed by atoms with Gasteiger partial charge in [-0.3, -0.25) is 19.7 Å². The molecule has 1 amide bonds. The number of hydrogen-bond acceptors (Lipinski definition) is 6. The quantitative estimate of drug-likeness (QED) is 0.284. The Hall–Kier alpha value is -4.01. The third-order valence-corrected chi connectivity index (χ3v) is 4.15. The predicted octanol–water partition coefficient (Wildman–Crippen LogP) is 3.44. The molecule has 1 aromatic heterocycles. The number of aromatic amines is 1. The van der Waals surface area contributed by atoms with Crippen molar-refractivity contribution in [2.24, 2.45) is 0 Å². The van der Waals surface area contributed by atoms with Crippen LogP contribution < -0.4 is 5.32 Å². The van der Waals surface area contributed by atoms with Crippen LogP contribution in [0.2, 0.25) is 0 Å². The van der Waals surface area contributed by atoms with E-state index in [9.17, 15) is 24.5 Å². The number of nitro benzene ring substituents is 1. The zero-order valence-electron chi connectivity index (χ0n) is 15.6. The van der Waals surface area contributed by atoms with Gasteiger partial charge < -0.3 is 15.0 Å². The molecule has 0 aliphatic carbocycles. The molecule has 0 radical (unpaired) electrons. The molecule has 3 rings (SSSR count). The summed E-state index contributed by atoms with van der Waals surface area (Å²) in [6.07, 6.45) is 0. The van der Waals surface area contributed by atoms with Gasteiger partial charge in [-0.2, -0.15) is 0 Å². The number of anilines is 1. The first kappa shape index (κ1) is 19.7. The average Bonchev–Trinajstić information content (AvgIpc) is 3.05. The first-order chi connectivity index (χ1) is 13.8. The molecule has 0 unspecified atom stereocenters. The van der Waals surface area contributed by atoms with Gasteiger partial charge in [-0.25, -0.2) is 4.79 Å². The largest absolute Gasteiger partial charge is 0.462 e. The fourth-order valence-electron chi connectivity index (χ4n) is 3.00. The number of carbonyl (C=O) groups excluding carboxylic acids is 3. The van der Waals surface area contributed by atoms with E-state index in [0.717, 1.165) is 6.07 Å². The van der Waals surface area contributed by atoms with E-state index < -0.39 is 22.6 Å². The van der Waals surface area contributed by atoms with Crippen molar-refractivity contribution in [3.8, 4) is 0 Å². The molecule has 9 nitrogen and oxygen atoms in total. The van der Waals surface area contributed by atoms with Crippen molar-refractivity contribution < 1.29 is 24.0 Å². The second kappa shape index (κ2) is 7.93. The molecule has 0 aliphatic rings. The normalized spacial score (nSPS) is 10.6. The second-order valence-electron chi connectivity index (χ2n) is 6.14. The molecule has 0 atom stereocenters. The molecule has 0 saturated heterocycles. The van der Waals surface area contributed by atoms with E-state index in [1.54, 1.807) is 37.3 Å². The number of benzene rings is 2. The number of rotatable bonds is 6. The number of ketones is 1. The van der Waals surface area contributed by atoms with Crippen LogP contribution in [0.5, 0.6) is 0 Å². The Balaban J connectivity index is 2.33. The van der Waals surface area contributed by atoms with Crippen LogP contribution in [-0.2, 0) is 9.53 Å². The van der Waals surface area contributed by atoms with Crippen molar-refractivity contribution in [1.82, 2.24) is 4.98 Å². The fourth-order valence-corrected chi connectivity index (χ4v) is 3.00. The van der Waals surface area contributed by atoms with E-state index in [2.05, 4.69) is 10.3 Å². The van der Waals surface area contributed by atoms with Crippen molar-refractivity contribution in [2.45, 2.75) is 13.8 Å². The third kappa shape index (κ3) is 3.84. The summed E-state index contributed by atoms with van der Waals surface area (Å²) < 4.78 is 5.01. The number of nitrogens with one attached hydrogen (secondary N) is 2. The highest BCUT2D eigenvalue weighted by atomic mass is 16.6. The maximum Gasteiger partial charge on any atom is 0.339 e. The van der Waals surface area contributed by atoms with Gasteiger partial charge in [0.15, 0.2) is 0 Å². The number of H-pyrrole nitrogens is 1. The van der Waals surface area contributed by atoms with Crippen LogP contribution in [0.25, 0.3) is 10.9 Å². The molecule has 148 valence electrons. The van der Waals surface area contributed by atoms with Crippen molar-refractivity contribution in [3.05, 3.63) is 69.4 Å². The number of ether oxygens (including phenoxy) is 1. The van der Waals surface area contributed by atoms with E-state index in [1.807, 2.05) is 0 Å². The molecule has 0 fully saturated rings. The standard InChI is InChI=1S/C20H17N3O6/c1-3-29-20(26)14-9-13(23(27)28)10-15-16(14)17(21-11(2)24)18(22-15)19(25)12-7-5-4-6-8-12/h4-10,22H,3H2,1-2H3,(H,21,24). The number of hydrogen-bond donors (Lipinski definition) is 2. The first-order valence-electron chi connectivity index (χ1n) is 8.72. The predicted molar refractivity (Wildman–Crippen MR) is 105 cm³/mol. The van der Waals surface area contributed by atoms with E-state index in [1.165, 1.54) is 13.0 Å². The molecule has 1 heterocycles. The molecule has 9 heteroatoms. The number of nitrogens with zero attached hydrogens (tertiary/aromatic N) is 1. The molecule has 2 N–H and O–H groups in total. The van der Waals surface area contributed by atoms with Crippen molar-refractivity contribution in [2.75, 3.05) is 11.9 Å². The summed E-state index contributed by atoms with van der Waals surface area (Å²) in [6, 6.07) is 10.6. The monoisotopic (exact) mass is 395 g/mol. The number of aromatic nitrogens is 1. The molecular formula is C20H17N3O6. The number of carbonyl (C=O) groups is 3. The van der Waals surface area contributed by atoms with Gasteiger partial charge in [0.1, 0.15) is 5.69 Å². The van der Waals surface area contributed by atoms with Gasteiger partial charge in [0.05, 0.1) is 28.3 Å². The van der Waals surface area contributed by atoms with Crippen LogP contribution in [-0.4, -0.2) is 34.2 Å². The van der Waals surface area contributed by atoms with E-state index in [-0.39, 0.29) is 40.1 Å². The number of fused-ring (bicyclic) bond motifs is 1. The molecule has 2 aromatic carbocycles. The minimum absolute atomic E-state index is 0.00689. The third-order valence-electron chi connectivity index (χ3n) is 4.15. The summed E-state index contributed by atoms with van der Waals surface area (Å²) in [4.78, 5) is 50.7. The lowest BCUT2D eigenvalue weighted by Crippen LogP contribution is -2.12. The Kier molecular flexibility index (Phi) is 5.40. The summed E-state index contributed by atoms with van der Waals surface area (Å²) in [5, 5.41) is 14.0. The summed E-state index contributed by atoms with van der Waals surface area (Å²) >= 11 is 0. The smallest absolute Gasteiger partial charge is 0.339 e. The lowest BCUT2D eigenvalue weighted by Gasteiger charge is -2.08. The highest BCUT2D eigenvalue weighted by Crippen LogP contribution is 2.35. The topological polar surface area (TPSA) is 131 Å². The van der Waals surface area contributed by atoms with Crippen LogP contribution in [0.15, 0.2) is 42.5 Å². The van der Waals surface area contributed by atoms with Crippen LogP contribution in [0.3, 0.4) is 0 Å². The van der Waals surface area contributed by atoms with Crippen molar-refractivity contribution in [1.29, 1.82) is 0 Å². The minimum Gasteiger partial charge on any atom is -0.462 e. The highest BCUT2D eigenvalue weighted by Gasteiger charge is 2.27. The molecular weight excluding hydrogens is 378 g/mol. The summed E-state index contributed by atoms with van der Waals surface area (Å²) in [7, 11) is 0. The van der Waals surface area contributed by atoms with Crippen molar-refractivity contribution >= 4 is 39.9 Å². The molecule has 0 aliphatic heterocycles. The van der Waals surface area contributed by atoms with Crippen LogP contribution in [0.4, 0.5) is 11.4 Å². The van der Waals surface area contributed by atoms with Crippen LogP contribution >= 0.6 is 0 Å². The van der Waals surface area contributed by atoms with Gasteiger partial charge in [-0.15, -0.1) is 0 Å². The highest BCUT2D eigenvalue weighted by molar-refractivity contribution is 6.21. The molecule has 0 spiro atoms. The minimum atomic E-state index is -0.800. The second-order valence-corrected chi connectivity index (χ2v) is 6.14. The number of nitro groups is 1. The Morgan fingerprint density at radius 3 is 2.45 bits per heavy atom. The summed E-state index contributed by atoms with van der Waals surface area (Å²) in [6.45, 7) is 2.91. The van der Waals surface area contributed by atoms with Gasteiger partial charge in [0, 0.05) is 30.0 Å². The van der Waals surface area contributed by atoms with Gasteiger partial charge in [-0.05, 0) is 6.92 Å². The maximum atomic E-state index is 13.0. The van der Waals surface area contributed by atoms with Crippen LogP contribution in [0.1, 0.15) is 40.3 Å². The summed E-state index contributed by atoms with van der Waals surface area (Å²) in [5.74, 6) is -1.71. The first-order valence-corrected chi connectivity index (χ1v) is 8.72. The van der Waals surface area contributed by atoms with Gasteiger partial charge in [0.25, 0.3) is 5.69 Å². The Bertz CT molecular complexity index is 1130. The zero-order valence-corrected chi connectivity index (χ0v) is 15.6. The average molecular weight is 395 g/mol. The lowest BCUT2D eigenvalue weighted by molar-refractivity contribution is -0.384. The fraction of sp³-hybridized carbons (Fsp3) is 0.150.